The van der Waals surface area contributed by atoms with Crippen molar-refractivity contribution in [3.8, 4) is 22.6 Å². The molecule has 0 saturated heterocycles. The van der Waals surface area contributed by atoms with Crippen LogP contribution >= 0.6 is 0 Å². The van der Waals surface area contributed by atoms with Gasteiger partial charge < -0.3 is 9.47 Å². The highest BCUT2D eigenvalue weighted by atomic mass is 19.1. The van der Waals surface area contributed by atoms with Gasteiger partial charge in [-0.05, 0) is 29.8 Å². The second-order valence-corrected chi connectivity index (χ2v) is 4.00. The minimum absolute atomic E-state index is 0.143. The zero-order chi connectivity index (χ0) is 14.5. The fraction of sp³-hybridized carbons (Fsp3) is 0.0625. The molecule has 0 amide bonds. The molecule has 0 saturated carbocycles. The van der Waals surface area contributed by atoms with Gasteiger partial charge in [-0.2, -0.15) is 0 Å². The molecule has 0 aliphatic heterocycles. The van der Waals surface area contributed by atoms with Gasteiger partial charge in [0.05, 0.1) is 7.11 Å². The molecule has 0 aliphatic carbocycles. The zero-order valence-electron chi connectivity index (χ0n) is 10.9. The first-order chi connectivity index (χ1) is 9.63. The van der Waals surface area contributed by atoms with Crippen molar-refractivity contribution in [3.05, 3.63) is 60.9 Å². The van der Waals surface area contributed by atoms with Crippen LogP contribution in [-0.4, -0.2) is 13.1 Å². The third-order valence-corrected chi connectivity index (χ3v) is 2.73. The molecule has 0 radical (unpaired) electrons. The molecule has 2 aromatic carbocycles. The maximum atomic E-state index is 14.0. The largest absolute Gasteiger partial charge is 0.497 e. The lowest BCUT2D eigenvalue weighted by Crippen LogP contribution is -2.03. The predicted octanol–water partition coefficient (Wildman–Crippen LogP) is 3.59. The molecular formula is C16H13FO3. The molecule has 0 heterocycles. The molecular weight excluding hydrogens is 259 g/mol. The Labute approximate surface area is 116 Å². The van der Waals surface area contributed by atoms with E-state index in [9.17, 15) is 9.18 Å². The average molecular weight is 272 g/mol. The third-order valence-electron chi connectivity index (χ3n) is 2.73. The number of esters is 1. The molecule has 2 rings (SSSR count). The summed E-state index contributed by atoms with van der Waals surface area (Å²) in [6.07, 6.45) is 1.02. The van der Waals surface area contributed by atoms with E-state index in [4.69, 9.17) is 9.47 Å². The van der Waals surface area contributed by atoms with Crippen molar-refractivity contribution in [1.29, 1.82) is 0 Å². The molecule has 20 heavy (non-hydrogen) atoms. The number of halogens is 1. The Morgan fingerprint density at radius 1 is 1.15 bits per heavy atom. The van der Waals surface area contributed by atoms with E-state index in [1.165, 1.54) is 12.1 Å². The van der Waals surface area contributed by atoms with Crippen LogP contribution in [0.4, 0.5) is 4.39 Å². The van der Waals surface area contributed by atoms with E-state index in [1.807, 2.05) is 0 Å². The number of ether oxygens (including phenoxy) is 2. The van der Waals surface area contributed by atoms with Crippen LogP contribution in [0.15, 0.2) is 55.1 Å². The van der Waals surface area contributed by atoms with Crippen molar-refractivity contribution in [2.45, 2.75) is 0 Å². The molecule has 3 nitrogen and oxygen atoms in total. The standard InChI is InChI=1S/C16H13FO3/c1-3-16(18)20-13-8-9-14(15(17)10-13)11-4-6-12(19-2)7-5-11/h3-10H,1H2,2H3. The Bertz CT molecular complexity index is 633. The minimum Gasteiger partial charge on any atom is -0.497 e. The van der Waals surface area contributed by atoms with E-state index >= 15 is 0 Å². The number of methoxy groups -OCH3 is 1. The van der Waals surface area contributed by atoms with Crippen molar-refractivity contribution >= 4 is 5.97 Å². The molecule has 0 fully saturated rings. The van der Waals surface area contributed by atoms with E-state index in [0.29, 0.717) is 16.9 Å². The fourth-order valence-corrected chi connectivity index (χ4v) is 1.72. The van der Waals surface area contributed by atoms with Crippen molar-refractivity contribution in [2.24, 2.45) is 0 Å². The van der Waals surface area contributed by atoms with Crippen molar-refractivity contribution in [1.82, 2.24) is 0 Å². The normalized spacial score (nSPS) is 9.90. The van der Waals surface area contributed by atoms with Crippen LogP contribution in [0.1, 0.15) is 0 Å². The molecule has 0 unspecified atom stereocenters. The smallest absolute Gasteiger partial charge is 0.335 e. The van der Waals surface area contributed by atoms with Gasteiger partial charge in [-0.15, -0.1) is 0 Å². The molecule has 0 aliphatic rings. The number of rotatable bonds is 4. The van der Waals surface area contributed by atoms with Gasteiger partial charge >= 0.3 is 5.97 Å². The van der Waals surface area contributed by atoms with Crippen molar-refractivity contribution in [2.75, 3.05) is 7.11 Å². The minimum atomic E-state index is -0.624. The maximum absolute atomic E-state index is 14.0. The number of carbonyl (C=O) groups is 1. The van der Waals surface area contributed by atoms with E-state index in [-0.39, 0.29) is 5.75 Å². The predicted molar refractivity (Wildman–Crippen MR) is 74.2 cm³/mol. The molecule has 0 N–H and O–H groups in total. The van der Waals surface area contributed by atoms with E-state index in [2.05, 4.69) is 6.58 Å². The summed E-state index contributed by atoms with van der Waals surface area (Å²) < 4.78 is 23.9. The van der Waals surface area contributed by atoms with Gasteiger partial charge in [-0.3, -0.25) is 0 Å². The van der Waals surface area contributed by atoms with Crippen LogP contribution in [-0.2, 0) is 4.79 Å². The van der Waals surface area contributed by atoms with Gasteiger partial charge in [0, 0.05) is 17.7 Å². The second-order valence-electron chi connectivity index (χ2n) is 4.00. The molecule has 4 heteroatoms. The van der Waals surface area contributed by atoms with Crippen LogP contribution in [0.2, 0.25) is 0 Å². The molecule has 0 spiro atoms. The summed E-state index contributed by atoms with van der Waals surface area (Å²) in [6.45, 7) is 3.28. The highest BCUT2D eigenvalue weighted by Crippen LogP contribution is 2.27. The number of hydrogen-bond acceptors (Lipinski definition) is 3. The lowest BCUT2D eigenvalue weighted by molar-refractivity contribution is -0.128. The van der Waals surface area contributed by atoms with Gasteiger partial charge in [0.25, 0.3) is 0 Å². The van der Waals surface area contributed by atoms with Gasteiger partial charge in [-0.1, -0.05) is 18.7 Å². The Morgan fingerprint density at radius 3 is 2.35 bits per heavy atom. The Kier molecular flexibility index (Phi) is 4.15. The van der Waals surface area contributed by atoms with E-state index in [1.54, 1.807) is 37.4 Å². The monoisotopic (exact) mass is 272 g/mol. The maximum Gasteiger partial charge on any atom is 0.335 e. The highest BCUT2D eigenvalue weighted by Gasteiger charge is 2.08. The fourth-order valence-electron chi connectivity index (χ4n) is 1.72. The van der Waals surface area contributed by atoms with E-state index < -0.39 is 11.8 Å². The van der Waals surface area contributed by atoms with Crippen LogP contribution < -0.4 is 9.47 Å². The summed E-state index contributed by atoms with van der Waals surface area (Å²) in [6, 6.07) is 11.3. The molecule has 0 atom stereocenters. The first kappa shape index (κ1) is 13.8. The van der Waals surface area contributed by atoms with Crippen LogP contribution in [0.5, 0.6) is 11.5 Å². The first-order valence-electron chi connectivity index (χ1n) is 5.92. The molecule has 102 valence electrons. The lowest BCUT2D eigenvalue weighted by Gasteiger charge is -2.07. The topological polar surface area (TPSA) is 35.5 Å². The SMILES string of the molecule is C=CC(=O)Oc1ccc(-c2ccc(OC)cc2)c(F)c1. The van der Waals surface area contributed by atoms with Gasteiger partial charge in [0.15, 0.2) is 0 Å². The van der Waals surface area contributed by atoms with Crippen LogP contribution in [0, 0.1) is 5.82 Å². The molecule has 2 aromatic rings. The summed E-state index contributed by atoms with van der Waals surface area (Å²) in [7, 11) is 1.57. The Hall–Kier alpha value is -2.62. The van der Waals surface area contributed by atoms with E-state index in [0.717, 1.165) is 6.08 Å². The van der Waals surface area contributed by atoms with Gasteiger partial charge in [0.1, 0.15) is 17.3 Å². The zero-order valence-corrected chi connectivity index (χ0v) is 10.9. The lowest BCUT2D eigenvalue weighted by atomic mass is 10.0. The van der Waals surface area contributed by atoms with Crippen molar-refractivity contribution in [3.63, 3.8) is 0 Å². The second kappa shape index (κ2) is 6.02. The van der Waals surface area contributed by atoms with Gasteiger partial charge in [0.2, 0.25) is 0 Å². The summed E-state index contributed by atoms with van der Waals surface area (Å²) in [5.41, 5.74) is 1.14. The third kappa shape index (κ3) is 3.03. The highest BCUT2D eigenvalue weighted by molar-refractivity contribution is 5.83. The summed E-state index contributed by atoms with van der Waals surface area (Å²) in [4.78, 5) is 11.0. The number of benzene rings is 2. The molecule has 0 aromatic heterocycles. The number of carbonyl (C=O) groups excluding carboxylic acids is 1. The Balaban J connectivity index is 2.28. The average Bonchev–Trinajstić information content (AvgIpc) is 2.47. The van der Waals surface area contributed by atoms with Gasteiger partial charge in [-0.25, -0.2) is 9.18 Å². The Morgan fingerprint density at radius 2 is 1.80 bits per heavy atom. The quantitative estimate of drug-likeness (QED) is 0.484. The van der Waals surface area contributed by atoms with Crippen LogP contribution in [0.3, 0.4) is 0 Å². The number of hydrogen-bond donors (Lipinski definition) is 0. The summed E-state index contributed by atoms with van der Waals surface area (Å²) in [5.74, 6) is -0.249. The van der Waals surface area contributed by atoms with Crippen LogP contribution in [0.25, 0.3) is 11.1 Å². The summed E-state index contributed by atoms with van der Waals surface area (Å²) >= 11 is 0. The first-order valence-corrected chi connectivity index (χ1v) is 5.92. The summed E-state index contributed by atoms with van der Waals surface area (Å²) in [5, 5.41) is 0. The molecule has 0 bridgehead atoms. The van der Waals surface area contributed by atoms with Crippen molar-refractivity contribution < 1.29 is 18.7 Å².